The third-order valence-electron chi connectivity index (χ3n) is 3.78. The Morgan fingerprint density at radius 3 is 2.61 bits per heavy atom. The van der Waals surface area contributed by atoms with Crippen molar-refractivity contribution in [2.24, 2.45) is 0 Å². The van der Waals surface area contributed by atoms with E-state index in [0.717, 1.165) is 31.1 Å². The van der Waals surface area contributed by atoms with Gasteiger partial charge in [-0.15, -0.1) is 0 Å². The van der Waals surface area contributed by atoms with E-state index in [1.54, 1.807) is 0 Å². The van der Waals surface area contributed by atoms with Crippen molar-refractivity contribution < 1.29 is 14.8 Å². The van der Waals surface area contributed by atoms with Gasteiger partial charge in [-0.1, -0.05) is 12.1 Å². The highest BCUT2D eigenvalue weighted by Crippen LogP contribution is 2.22. The molecule has 1 aromatic rings. The molecule has 2 rings (SSSR count). The zero-order chi connectivity index (χ0) is 13.1. The molecule has 0 radical (unpaired) electrons. The van der Waals surface area contributed by atoms with Crippen LogP contribution in [0, 0.1) is 13.8 Å². The molecule has 4 nitrogen and oxygen atoms in total. The van der Waals surface area contributed by atoms with E-state index in [4.69, 9.17) is 0 Å². The molecule has 0 bridgehead atoms. The predicted octanol–water partition coefficient (Wildman–Crippen LogP) is -1.24. The summed E-state index contributed by atoms with van der Waals surface area (Å²) in [6.45, 7) is 7.94. The van der Waals surface area contributed by atoms with Gasteiger partial charge in [-0.2, -0.15) is 0 Å². The van der Waals surface area contributed by atoms with Crippen LogP contribution in [0.2, 0.25) is 0 Å². The minimum atomic E-state index is -0.954. The first-order valence-electron chi connectivity index (χ1n) is 6.42. The van der Waals surface area contributed by atoms with Crippen LogP contribution in [0.4, 0.5) is 5.69 Å². The number of quaternary nitrogens is 1. The lowest BCUT2D eigenvalue weighted by Gasteiger charge is -2.34. The SMILES string of the molecule is Cc1cccc(N2CC[NH+](CC(=O)[O-])CC2)c1C. The zero-order valence-electron chi connectivity index (χ0n) is 11.0. The fraction of sp³-hybridized carbons (Fsp3) is 0.500. The molecule has 1 fully saturated rings. The quantitative estimate of drug-likeness (QED) is 0.728. The van der Waals surface area contributed by atoms with Gasteiger partial charge in [0.05, 0.1) is 32.1 Å². The van der Waals surface area contributed by atoms with Crippen LogP contribution in [0.3, 0.4) is 0 Å². The van der Waals surface area contributed by atoms with E-state index in [1.165, 1.54) is 16.8 Å². The minimum absolute atomic E-state index is 0.126. The molecule has 0 atom stereocenters. The van der Waals surface area contributed by atoms with Crippen molar-refractivity contribution in [2.75, 3.05) is 37.6 Å². The lowest BCUT2D eigenvalue weighted by atomic mass is 10.1. The van der Waals surface area contributed by atoms with Gasteiger partial charge in [-0.25, -0.2) is 0 Å². The van der Waals surface area contributed by atoms with E-state index in [0.29, 0.717) is 0 Å². The topological polar surface area (TPSA) is 47.8 Å². The Kier molecular flexibility index (Phi) is 3.87. The first kappa shape index (κ1) is 12.9. The van der Waals surface area contributed by atoms with Gasteiger partial charge in [0.25, 0.3) is 0 Å². The first-order valence-corrected chi connectivity index (χ1v) is 6.42. The van der Waals surface area contributed by atoms with Crippen LogP contribution >= 0.6 is 0 Å². The highest BCUT2D eigenvalue weighted by molar-refractivity contribution is 5.65. The second-order valence-corrected chi connectivity index (χ2v) is 5.00. The highest BCUT2D eigenvalue weighted by atomic mass is 16.4. The molecule has 1 aliphatic heterocycles. The normalized spacial score (nSPS) is 16.9. The standard InChI is InChI=1S/C14H20N2O2/c1-11-4-3-5-13(12(11)2)16-8-6-15(7-9-16)10-14(17)18/h3-5H,6-10H2,1-2H3,(H,17,18). The van der Waals surface area contributed by atoms with E-state index < -0.39 is 5.97 Å². The molecule has 0 saturated carbocycles. The number of aryl methyl sites for hydroxylation is 1. The molecule has 1 N–H and O–H groups in total. The fourth-order valence-corrected chi connectivity index (χ4v) is 2.52. The fourth-order valence-electron chi connectivity index (χ4n) is 2.52. The summed E-state index contributed by atoms with van der Waals surface area (Å²) in [5.74, 6) is -0.954. The van der Waals surface area contributed by atoms with E-state index in [1.807, 2.05) is 0 Å². The lowest BCUT2D eigenvalue weighted by molar-refractivity contribution is -0.894. The van der Waals surface area contributed by atoms with Crippen molar-refractivity contribution >= 4 is 11.7 Å². The maximum absolute atomic E-state index is 10.6. The minimum Gasteiger partial charge on any atom is -0.544 e. The predicted molar refractivity (Wildman–Crippen MR) is 68.7 cm³/mol. The molecule has 98 valence electrons. The van der Waals surface area contributed by atoms with Crippen LogP contribution in [0.5, 0.6) is 0 Å². The number of benzene rings is 1. The number of aliphatic carboxylic acids is 1. The maximum atomic E-state index is 10.6. The van der Waals surface area contributed by atoms with Gasteiger partial charge < -0.3 is 19.7 Å². The third-order valence-corrected chi connectivity index (χ3v) is 3.78. The zero-order valence-corrected chi connectivity index (χ0v) is 11.0. The molecule has 1 heterocycles. The van der Waals surface area contributed by atoms with Crippen molar-refractivity contribution in [1.29, 1.82) is 0 Å². The Hall–Kier alpha value is -1.55. The Morgan fingerprint density at radius 1 is 1.33 bits per heavy atom. The van der Waals surface area contributed by atoms with Gasteiger partial charge in [-0.3, -0.25) is 0 Å². The number of nitrogens with zero attached hydrogens (tertiary/aromatic N) is 1. The summed E-state index contributed by atoms with van der Waals surface area (Å²) in [6.07, 6.45) is 0. The van der Waals surface area contributed by atoms with Gasteiger partial charge in [0.2, 0.25) is 0 Å². The molecule has 4 heteroatoms. The summed E-state index contributed by atoms with van der Waals surface area (Å²) in [6, 6.07) is 6.35. The number of rotatable bonds is 3. The van der Waals surface area contributed by atoms with E-state index in [9.17, 15) is 9.90 Å². The maximum Gasteiger partial charge on any atom is 0.117 e. The van der Waals surface area contributed by atoms with Gasteiger partial charge in [0, 0.05) is 5.69 Å². The second-order valence-electron chi connectivity index (χ2n) is 5.00. The first-order chi connectivity index (χ1) is 8.58. The highest BCUT2D eigenvalue weighted by Gasteiger charge is 2.21. The van der Waals surface area contributed by atoms with E-state index in [-0.39, 0.29) is 6.54 Å². The number of anilines is 1. The number of nitrogens with one attached hydrogen (secondary N) is 1. The molecule has 0 aliphatic carbocycles. The average Bonchev–Trinajstić information content (AvgIpc) is 2.33. The van der Waals surface area contributed by atoms with Crippen LogP contribution in [-0.2, 0) is 4.79 Å². The van der Waals surface area contributed by atoms with E-state index >= 15 is 0 Å². The molecule has 0 spiro atoms. The van der Waals surface area contributed by atoms with Gasteiger partial charge in [0.1, 0.15) is 6.54 Å². The Bertz CT molecular complexity index is 437. The third kappa shape index (κ3) is 2.82. The van der Waals surface area contributed by atoms with Gasteiger partial charge >= 0.3 is 0 Å². The number of hydrogen-bond acceptors (Lipinski definition) is 3. The average molecular weight is 248 g/mol. The van der Waals surface area contributed by atoms with Crippen molar-refractivity contribution in [3.63, 3.8) is 0 Å². The Morgan fingerprint density at radius 2 is 2.00 bits per heavy atom. The number of carboxylic acid groups (broad SMARTS) is 1. The molecular weight excluding hydrogens is 228 g/mol. The summed E-state index contributed by atoms with van der Waals surface area (Å²) in [7, 11) is 0. The van der Waals surface area contributed by atoms with Gasteiger partial charge in [-0.05, 0) is 31.0 Å². The Labute approximate surface area is 108 Å². The summed E-state index contributed by atoms with van der Waals surface area (Å²) >= 11 is 0. The second kappa shape index (κ2) is 5.40. The summed E-state index contributed by atoms with van der Waals surface area (Å²) < 4.78 is 0. The van der Waals surface area contributed by atoms with Crippen molar-refractivity contribution in [3.8, 4) is 0 Å². The lowest BCUT2D eigenvalue weighted by Crippen LogP contribution is -3.16. The molecular formula is C14H20N2O2. The summed E-state index contributed by atoms with van der Waals surface area (Å²) in [5.41, 5.74) is 3.90. The molecule has 0 aromatic heterocycles. The van der Waals surface area contributed by atoms with Crippen LogP contribution in [-0.4, -0.2) is 38.7 Å². The van der Waals surface area contributed by atoms with Crippen LogP contribution in [0.15, 0.2) is 18.2 Å². The smallest absolute Gasteiger partial charge is 0.117 e. The number of hydrogen-bond donors (Lipinski definition) is 1. The van der Waals surface area contributed by atoms with Crippen molar-refractivity contribution in [2.45, 2.75) is 13.8 Å². The molecule has 1 aromatic carbocycles. The number of carboxylic acids is 1. The largest absolute Gasteiger partial charge is 0.544 e. The number of carbonyl (C=O) groups is 1. The Balaban J connectivity index is 2.01. The summed E-state index contributed by atoms with van der Waals surface area (Å²) in [4.78, 5) is 14.0. The molecule has 1 aliphatic rings. The monoisotopic (exact) mass is 248 g/mol. The van der Waals surface area contributed by atoms with E-state index in [2.05, 4.69) is 36.9 Å². The van der Waals surface area contributed by atoms with Crippen LogP contribution < -0.4 is 14.9 Å². The molecule has 0 unspecified atom stereocenters. The van der Waals surface area contributed by atoms with Crippen LogP contribution in [0.25, 0.3) is 0 Å². The summed E-state index contributed by atoms with van der Waals surface area (Å²) in [5, 5.41) is 10.6. The molecule has 0 amide bonds. The van der Waals surface area contributed by atoms with Crippen molar-refractivity contribution in [1.82, 2.24) is 0 Å². The molecule has 1 saturated heterocycles. The van der Waals surface area contributed by atoms with Crippen LogP contribution in [0.1, 0.15) is 11.1 Å². The number of carbonyl (C=O) groups excluding carboxylic acids is 1. The number of piperazine rings is 1. The van der Waals surface area contributed by atoms with Crippen molar-refractivity contribution in [3.05, 3.63) is 29.3 Å². The van der Waals surface area contributed by atoms with Gasteiger partial charge in [0.15, 0.2) is 0 Å². The molecule has 18 heavy (non-hydrogen) atoms.